The van der Waals surface area contributed by atoms with E-state index in [0.29, 0.717) is 11.8 Å². The van der Waals surface area contributed by atoms with Crippen LogP contribution < -0.4 is 5.32 Å². The first-order chi connectivity index (χ1) is 14.2. The van der Waals surface area contributed by atoms with Gasteiger partial charge in [0, 0.05) is 25.6 Å². The van der Waals surface area contributed by atoms with Crippen LogP contribution in [0.5, 0.6) is 0 Å². The molecule has 2 fully saturated rings. The van der Waals surface area contributed by atoms with Crippen molar-refractivity contribution in [1.29, 1.82) is 0 Å². The van der Waals surface area contributed by atoms with Gasteiger partial charge in [0.2, 0.25) is 0 Å². The van der Waals surface area contributed by atoms with Crippen LogP contribution in [0.1, 0.15) is 51.9 Å². The van der Waals surface area contributed by atoms with Crippen LogP contribution in [-0.4, -0.2) is 73.3 Å². The monoisotopic (exact) mass is 406 g/mol. The van der Waals surface area contributed by atoms with Gasteiger partial charge in [0.05, 0.1) is 25.4 Å². The van der Waals surface area contributed by atoms with Crippen molar-refractivity contribution in [2.75, 3.05) is 45.9 Å². The van der Waals surface area contributed by atoms with E-state index in [2.05, 4.69) is 29.3 Å². The first-order valence-corrected chi connectivity index (χ1v) is 11.9. The van der Waals surface area contributed by atoms with Gasteiger partial charge in [-0.25, -0.2) is 0 Å². The third kappa shape index (κ3) is 7.18. The third-order valence-corrected chi connectivity index (χ3v) is 6.89. The van der Waals surface area contributed by atoms with Crippen LogP contribution in [0.2, 0.25) is 0 Å². The number of unbranched alkanes of at least 4 members (excludes halogenated alkanes) is 2. The van der Waals surface area contributed by atoms with Crippen LogP contribution in [0.15, 0.2) is 23.8 Å². The van der Waals surface area contributed by atoms with E-state index in [0.717, 1.165) is 71.6 Å². The average Bonchev–Trinajstić information content (AvgIpc) is 3.23. The highest BCUT2D eigenvalue weighted by Crippen LogP contribution is 2.47. The number of aliphatic hydroxyl groups is 2. The summed E-state index contributed by atoms with van der Waals surface area (Å²) in [6, 6.07) is 0. The van der Waals surface area contributed by atoms with E-state index in [1.807, 2.05) is 6.08 Å². The second-order valence-electron chi connectivity index (χ2n) is 9.17. The van der Waals surface area contributed by atoms with E-state index >= 15 is 0 Å². The number of nitrogens with zero attached hydrogens (tertiary/aromatic N) is 1. The lowest BCUT2D eigenvalue weighted by atomic mass is 9.89. The number of ether oxygens (including phenoxy) is 1. The van der Waals surface area contributed by atoms with Gasteiger partial charge in [-0.3, -0.25) is 4.90 Å². The van der Waals surface area contributed by atoms with E-state index in [-0.39, 0.29) is 18.1 Å². The van der Waals surface area contributed by atoms with Gasteiger partial charge in [-0.15, -0.1) is 0 Å². The largest absolute Gasteiger partial charge is 0.392 e. The quantitative estimate of drug-likeness (QED) is 0.344. The van der Waals surface area contributed by atoms with E-state index < -0.39 is 0 Å². The standard InChI is InChI=1S/C24H42N2O3/c1-2-3-4-6-21(27)7-8-22-23-16-19(15-20(23)17-24(22)28)18-25-9-5-10-26-11-13-29-14-12-26/h7-8,15,20-25,27-28H,2-6,9-14,16-18H2,1H3/t20-,21-,22+,23-,24+/m0/s1. The highest BCUT2D eigenvalue weighted by Gasteiger charge is 2.43. The van der Waals surface area contributed by atoms with E-state index in [4.69, 9.17) is 4.74 Å². The SMILES string of the molecule is CCCCC[C@H](O)C=C[C@@H]1[C@H]2CC(CNCCCN3CCOCC3)=C[C@H]2C[C@H]1O. The van der Waals surface area contributed by atoms with Gasteiger partial charge in [-0.05, 0) is 50.6 Å². The summed E-state index contributed by atoms with van der Waals surface area (Å²) in [5, 5.41) is 24.3. The Morgan fingerprint density at radius 3 is 2.90 bits per heavy atom. The van der Waals surface area contributed by atoms with Crippen molar-refractivity contribution in [2.45, 2.75) is 64.1 Å². The van der Waals surface area contributed by atoms with Crippen molar-refractivity contribution in [2.24, 2.45) is 17.8 Å². The van der Waals surface area contributed by atoms with Crippen molar-refractivity contribution in [1.82, 2.24) is 10.2 Å². The maximum absolute atomic E-state index is 10.5. The molecule has 0 unspecified atom stereocenters. The van der Waals surface area contributed by atoms with Gasteiger partial charge in [0.15, 0.2) is 0 Å². The maximum Gasteiger partial charge on any atom is 0.0721 e. The molecule has 166 valence electrons. The second kappa shape index (κ2) is 12.2. The predicted molar refractivity (Wildman–Crippen MR) is 118 cm³/mol. The van der Waals surface area contributed by atoms with E-state index in [9.17, 15) is 10.2 Å². The fraction of sp³-hybridized carbons (Fsp3) is 0.833. The van der Waals surface area contributed by atoms with Crippen molar-refractivity contribution in [3.63, 3.8) is 0 Å². The molecule has 0 aromatic carbocycles. The van der Waals surface area contributed by atoms with Crippen molar-refractivity contribution >= 4 is 0 Å². The molecule has 5 heteroatoms. The zero-order valence-electron chi connectivity index (χ0n) is 18.3. The number of nitrogens with one attached hydrogen (secondary N) is 1. The number of hydrogen-bond donors (Lipinski definition) is 3. The molecule has 3 rings (SSSR count). The van der Waals surface area contributed by atoms with Crippen molar-refractivity contribution < 1.29 is 14.9 Å². The van der Waals surface area contributed by atoms with Crippen LogP contribution in [-0.2, 0) is 4.74 Å². The van der Waals surface area contributed by atoms with Crippen LogP contribution in [0.3, 0.4) is 0 Å². The van der Waals surface area contributed by atoms with Gasteiger partial charge < -0.3 is 20.3 Å². The molecule has 0 amide bonds. The molecule has 3 aliphatic rings. The number of fused-ring (bicyclic) bond motifs is 1. The van der Waals surface area contributed by atoms with Crippen LogP contribution >= 0.6 is 0 Å². The lowest BCUT2D eigenvalue weighted by molar-refractivity contribution is 0.0375. The average molecular weight is 407 g/mol. The second-order valence-corrected chi connectivity index (χ2v) is 9.17. The number of allylic oxidation sites excluding steroid dienone is 1. The summed E-state index contributed by atoms with van der Waals surface area (Å²) in [5.74, 6) is 1.20. The normalized spacial score (nSPS) is 31.3. The summed E-state index contributed by atoms with van der Waals surface area (Å²) >= 11 is 0. The highest BCUT2D eigenvalue weighted by molar-refractivity contribution is 5.21. The molecule has 1 saturated carbocycles. The molecule has 2 aliphatic carbocycles. The molecule has 3 N–H and O–H groups in total. The number of aliphatic hydroxyl groups excluding tert-OH is 2. The molecule has 1 heterocycles. The third-order valence-electron chi connectivity index (χ3n) is 6.89. The number of rotatable bonds is 12. The Balaban J connectivity index is 1.34. The Morgan fingerprint density at radius 2 is 2.10 bits per heavy atom. The topological polar surface area (TPSA) is 65.0 Å². The summed E-state index contributed by atoms with van der Waals surface area (Å²) in [7, 11) is 0. The van der Waals surface area contributed by atoms with Gasteiger partial charge in [0.25, 0.3) is 0 Å². The Bertz CT molecular complexity index is 530. The summed E-state index contributed by atoms with van der Waals surface area (Å²) < 4.78 is 5.40. The molecule has 0 bridgehead atoms. The zero-order chi connectivity index (χ0) is 20.5. The molecule has 5 atom stereocenters. The fourth-order valence-corrected chi connectivity index (χ4v) is 5.19. The summed E-state index contributed by atoms with van der Waals surface area (Å²) in [4.78, 5) is 2.49. The summed E-state index contributed by atoms with van der Waals surface area (Å²) in [5.41, 5.74) is 1.50. The van der Waals surface area contributed by atoms with Gasteiger partial charge in [0.1, 0.15) is 0 Å². The summed E-state index contributed by atoms with van der Waals surface area (Å²) in [6.45, 7) is 9.25. The smallest absolute Gasteiger partial charge is 0.0721 e. The van der Waals surface area contributed by atoms with E-state index in [1.165, 1.54) is 24.8 Å². The minimum atomic E-state index is -0.366. The Labute approximate surface area is 177 Å². The zero-order valence-corrected chi connectivity index (χ0v) is 18.3. The lowest BCUT2D eigenvalue weighted by Crippen LogP contribution is -2.37. The summed E-state index contributed by atoms with van der Waals surface area (Å²) in [6.07, 6.45) is 13.2. The molecule has 0 aromatic heterocycles. The Morgan fingerprint density at radius 1 is 1.28 bits per heavy atom. The molecule has 1 saturated heterocycles. The lowest BCUT2D eigenvalue weighted by Gasteiger charge is -2.26. The number of morpholine rings is 1. The van der Waals surface area contributed by atoms with E-state index in [1.54, 1.807) is 0 Å². The molecule has 0 spiro atoms. The maximum atomic E-state index is 10.5. The molecular formula is C24H42N2O3. The molecule has 0 aromatic rings. The first-order valence-electron chi connectivity index (χ1n) is 11.9. The van der Waals surface area contributed by atoms with Gasteiger partial charge in [-0.2, -0.15) is 0 Å². The Kier molecular flexibility index (Phi) is 9.67. The number of hydrogen-bond acceptors (Lipinski definition) is 5. The molecule has 0 radical (unpaired) electrons. The Hall–Kier alpha value is -0.720. The van der Waals surface area contributed by atoms with Crippen molar-refractivity contribution in [3.8, 4) is 0 Å². The fourth-order valence-electron chi connectivity index (χ4n) is 5.19. The molecule has 1 aliphatic heterocycles. The molecule has 29 heavy (non-hydrogen) atoms. The molecular weight excluding hydrogens is 364 g/mol. The highest BCUT2D eigenvalue weighted by atomic mass is 16.5. The predicted octanol–water partition coefficient (Wildman–Crippen LogP) is 2.74. The molecule has 5 nitrogen and oxygen atoms in total. The minimum Gasteiger partial charge on any atom is -0.392 e. The van der Waals surface area contributed by atoms with Gasteiger partial charge in [-0.1, -0.05) is 50.0 Å². The first kappa shape index (κ1) is 23.0. The van der Waals surface area contributed by atoms with Crippen molar-refractivity contribution in [3.05, 3.63) is 23.8 Å². The minimum absolute atomic E-state index is 0.191. The van der Waals surface area contributed by atoms with Crippen LogP contribution in [0.4, 0.5) is 0 Å². The van der Waals surface area contributed by atoms with Crippen LogP contribution in [0.25, 0.3) is 0 Å². The van der Waals surface area contributed by atoms with Gasteiger partial charge >= 0.3 is 0 Å². The van der Waals surface area contributed by atoms with Crippen LogP contribution in [0, 0.1) is 17.8 Å².